The first-order valence-corrected chi connectivity index (χ1v) is 7.92. The summed E-state index contributed by atoms with van der Waals surface area (Å²) >= 11 is 3.40. The molecule has 1 amide bonds. The quantitative estimate of drug-likeness (QED) is 0.403. The predicted molar refractivity (Wildman–Crippen MR) is 97.6 cm³/mol. The summed E-state index contributed by atoms with van der Waals surface area (Å²) in [6, 6.07) is 17.0. The molecule has 0 aliphatic heterocycles. The topological polar surface area (TPSA) is 85.3 Å². The molecule has 1 heterocycles. The summed E-state index contributed by atoms with van der Waals surface area (Å²) in [5.74, 6) is 0.610. The summed E-state index contributed by atoms with van der Waals surface area (Å²) in [7, 11) is 0. The highest BCUT2D eigenvalue weighted by molar-refractivity contribution is 9.10. The molecule has 1 aromatic heterocycles. The number of imidazole rings is 1. The average Bonchev–Trinajstić information content (AvgIpc) is 2.99. The van der Waals surface area contributed by atoms with Gasteiger partial charge in [0.05, 0.1) is 11.9 Å². The number of hydrogen-bond acceptors (Lipinski definition) is 3. The third-order valence-corrected chi connectivity index (χ3v) is 3.84. The standard InChI is InChI=1S/C17H14BrN5O/c18-14-8-6-12(7-9-14)15-10-23(20-11-24)17(21-15)22-16(19)13-4-2-1-3-5-13/h1-11H,(H,20,24)(H2,19,21,22). The maximum atomic E-state index is 10.8. The number of aromatic nitrogens is 2. The van der Waals surface area contributed by atoms with Gasteiger partial charge in [0.1, 0.15) is 5.84 Å². The molecule has 120 valence electrons. The summed E-state index contributed by atoms with van der Waals surface area (Å²) in [4.78, 5) is 19.6. The molecule has 0 atom stereocenters. The summed E-state index contributed by atoms with van der Waals surface area (Å²) in [5.41, 5.74) is 10.9. The molecular formula is C17H14BrN5O. The Kier molecular flexibility index (Phi) is 4.72. The van der Waals surface area contributed by atoms with Gasteiger partial charge in [-0.2, -0.15) is 4.99 Å². The summed E-state index contributed by atoms with van der Waals surface area (Å²) in [6.45, 7) is 0. The van der Waals surface area contributed by atoms with E-state index in [2.05, 4.69) is 31.3 Å². The van der Waals surface area contributed by atoms with E-state index in [-0.39, 0.29) is 0 Å². The van der Waals surface area contributed by atoms with Crippen LogP contribution >= 0.6 is 15.9 Å². The molecule has 3 rings (SSSR count). The van der Waals surface area contributed by atoms with Crippen LogP contribution in [-0.4, -0.2) is 21.9 Å². The molecule has 3 aromatic rings. The molecule has 6 nitrogen and oxygen atoms in total. The van der Waals surface area contributed by atoms with Crippen molar-refractivity contribution in [1.82, 2.24) is 9.66 Å². The third-order valence-electron chi connectivity index (χ3n) is 3.31. The Morgan fingerprint density at radius 2 is 1.88 bits per heavy atom. The van der Waals surface area contributed by atoms with Crippen molar-refractivity contribution in [1.29, 1.82) is 0 Å². The van der Waals surface area contributed by atoms with E-state index in [0.717, 1.165) is 15.6 Å². The zero-order valence-electron chi connectivity index (χ0n) is 12.6. The maximum Gasteiger partial charge on any atom is 0.251 e. The molecule has 0 bridgehead atoms. The Morgan fingerprint density at radius 1 is 1.17 bits per heavy atom. The van der Waals surface area contributed by atoms with Crippen molar-refractivity contribution >= 4 is 34.1 Å². The van der Waals surface area contributed by atoms with Gasteiger partial charge in [0, 0.05) is 15.6 Å². The zero-order valence-corrected chi connectivity index (χ0v) is 14.1. The highest BCUT2D eigenvalue weighted by atomic mass is 79.9. The fourth-order valence-electron chi connectivity index (χ4n) is 2.14. The van der Waals surface area contributed by atoms with Crippen molar-refractivity contribution in [3.05, 3.63) is 70.8 Å². The molecule has 0 fully saturated rings. The van der Waals surface area contributed by atoms with Crippen molar-refractivity contribution in [3.63, 3.8) is 0 Å². The minimum atomic E-state index is 0.293. The van der Waals surface area contributed by atoms with E-state index in [1.165, 1.54) is 4.68 Å². The van der Waals surface area contributed by atoms with Gasteiger partial charge in [-0.15, -0.1) is 0 Å². The van der Waals surface area contributed by atoms with Crippen LogP contribution in [0.3, 0.4) is 0 Å². The first-order chi connectivity index (χ1) is 11.7. The number of nitrogens with one attached hydrogen (secondary N) is 1. The molecule has 0 radical (unpaired) electrons. The molecule has 7 heteroatoms. The smallest absolute Gasteiger partial charge is 0.251 e. The number of benzene rings is 2. The number of halogens is 1. The van der Waals surface area contributed by atoms with Gasteiger partial charge in [0.25, 0.3) is 5.95 Å². The van der Waals surface area contributed by atoms with E-state index < -0.39 is 0 Å². The van der Waals surface area contributed by atoms with Gasteiger partial charge in [-0.05, 0) is 12.1 Å². The molecule has 0 unspecified atom stereocenters. The number of carbonyl (C=O) groups excluding carboxylic acids is 1. The number of nitrogens with zero attached hydrogens (tertiary/aromatic N) is 3. The lowest BCUT2D eigenvalue weighted by Crippen LogP contribution is -2.15. The number of carbonyl (C=O) groups is 1. The first-order valence-electron chi connectivity index (χ1n) is 7.12. The third kappa shape index (κ3) is 3.52. The van der Waals surface area contributed by atoms with Crippen LogP contribution in [0.5, 0.6) is 0 Å². The normalized spacial score (nSPS) is 11.3. The van der Waals surface area contributed by atoms with Crippen LogP contribution in [0.2, 0.25) is 0 Å². The van der Waals surface area contributed by atoms with Crippen LogP contribution in [0.15, 0.2) is 70.3 Å². The van der Waals surface area contributed by atoms with E-state index in [1.807, 2.05) is 54.6 Å². The number of nitrogens with two attached hydrogens (primary N) is 1. The second kappa shape index (κ2) is 7.10. The number of aliphatic imine (C=N–C) groups is 1. The Morgan fingerprint density at radius 3 is 2.54 bits per heavy atom. The van der Waals surface area contributed by atoms with Crippen LogP contribution < -0.4 is 11.2 Å². The second-order valence-electron chi connectivity index (χ2n) is 4.91. The van der Waals surface area contributed by atoms with Gasteiger partial charge in [-0.3, -0.25) is 10.2 Å². The Bertz CT molecular complexity index is 872. The monoisotopic (exact) mass is 383 g/mol. The number of amides is 1. The highest BCUT2D eigenvalue weighted by Gasteiger charge is 2.10. The number of hydrogen-bond donors (Lipinski definition) is 2. The predicted octanol–water partition coefficient (Wildman–Crippen LogP) is 3.05. The van der Waals surface area contributed by atoms with Gasteiger partial charge in [0.15, 0.2) is 0 Å². The first kappa shape index (κ1) is 15.9. The van der Waals surface area contributed by atoms with Crippen LogP contribution in [0, 0.1) is 0 Å². The summed E-state index contributed by atoms with van der Waals surface area (Å²) in [5, 5.41) is 0. The molecule has 0 spiro atoms. The lowest BCUT2D eigenvalue weighted by Gasteiger charge is -2.02. The molecule has 0 saturated heterocycles. The van der Waals surface area contributed by atoms with Gasteiger partial charge in [0.2, 0.25) is 6.41 Å². The number of amidine groups is 1. The molecule has 3 N–H and O–H groups in total. The Balaban J connectivity index is 2.00. The molecule has 0 aliphatic carbocycles. The van der Waals surface area contributed by atoms with E-state index >= 15 is 0 Å². The van der Waals surface area contributed by atoms with Gasteiger partial charge < -0.3 is 5.73 Å². The molecular weight excluding hydrogens is 370 g/mol. The van der Waals surface area contributed by atoms with Crippen molar-refractivity contribution in [2.24, 2.45) is 10.7 Å². The number of rotatable bonds is 5. The molecule has 0 aliphatic rings. The van der Waals surface area contributed by atoms with Crippen LogP contribution in [0.1, 0.15) is 5.56 Å². The van der Waals surface area contributed by atoms with Crippen molar-refractivity contribution in [2.75, 3.05) is 5.43 Å². The minimum absolute atomic E-state index is 0.293. The largest absolute Gasteiger partial charge is 0.383 e. The lowest BCUT2D eigenvalue weighted by atomic mass is 10.2. The Labute approximate surface area is 147 Å². The summed E-state index contributed by atoms with van der Waals surface area (Å²) in [6.07, 6.45) is 2.25. The maximum absolute atomic E-state index is 10.8. The van der Waals surface area contributed by atoms with Gasteiger partial charge in [-0.1, -0.05) is 58.4 Å². The summed E-state index contributed by atoms with van der Waals surface area (Å²) < 4.78 is 2.41. The van der Waals surface area contributed by atoms with Crippen molar-refractivity contribution in [3.8, 4) is 11.3 Å². The zero-order chi connectivity index (χ0) is 16.9. The SMILES string of the molecule is N/C(=N\c1nc(-c2ccc(Br)cc2)cn1NC=O)c1ccccc1. The highest BCUT2D eigenvalue weighted by Crippen LogP contribution is 2.23. The van der Waals surface area contributed by atoms with E-state index in [0.29, 0.717) is 23.9 Å². The minimum Gasteiger partial charge on any atom is -0.383 e. The lowest BCUT2D eigenvalue weighted by molar-refractivity contribution is -0.106. The van der Waals surface area contributed by atoms with Crippen LogP contribution in [0.25, 0.3) is 11.3 Å². The molecule has 0 saturated carbocycles. The van der Waals surface area contributed by atoms with Crippen LogP contribution in [0.4, 0.5) is 5.95 Å². The van der Waals surface area contributed by atoms with Crippen LogP contribution in [-0.2, 0) is 4.79 Å². The van der Waals surface area contributed by atoms with Crippen molar-refractivity contribution in [2.45, 2.75) is 0 Å². The fraction of sp³-hybridized carbons (Fsp3) is 0. The van der Waals surface area contributed by atoms with E-state index in [1.54, 1.807) is 6.20 Å². The van der Waals surface area contributed by atoms with E-state index in [4.69, 9.17) is 5.73 Å². The van der Waals surface area contributed by atoms with Gasteiger partial charge >= 0.3 is 0 Å². The second-order valence-corrected chi connectivity index (χ2v) is 5.83. The average molecular weight is 384 g/mol. The molecule has 2 aromatic carbocycles. The van der Waals surface area contributed by atoms with E-state index in [9.17, 15) is 4.79 Å². The van der Waals surface area contributed by atoms with Crippen molar-refractivity contribution < 1.29 is 4.79 Å². The molecule has 24 heavy (non-hydrogen) atoms. The van der Waals surface area contributed by atoms with Gasteiger partial charge in [-0.25, -0.2) is 9.66 Å². The fourth-order valence-corrected chi connectivity index (χ4v) is 2.41. The Hall–Kier alpha value is -2.93.